The second-order valence-electron chi connectivity index (χ2n) is 0.469. The normalized spacial score (nSPS) is 15.3. The Balaban J connectivity index is -0.0000000800. The summed E-state index contributed by atoms with van der Waals surface area (Å²) in [6.45, 7) is 0. The summed E-state index contributed by atoms with van der Waals surface area (Å²) in [5.41, 5.74) is -3.47. The van der Waals surface area contributed by atoms with Gasteiger partial charge in [0.1, 0.15) is 0 Å². The Kier molecular flexibility index (Phi) is 15.4. The van der Waals surface area contributed by atoms with Crippen LogP contribution in [0.25, 0.3) is 0 Å². The van der Waals surface area contributed by atoms with Gasteiger partial charge in [0, 0.05) is 0 Å². The van der Waals surface area contributed by atoms with Gasteiger partial charge in [0.2, 0.25) is 0 Å². The second-order valence-corrected chi connectivity index (χ2v) is 5.07. The van der Waals surface area contributed by atoms with Crippen molar-refractivity contribution in [2.75, 3.05) is 0 Å². The molecule has 40 valence electrons. The molecule has 0 fully saturated rings. The maximum atomic E-state index is 9.40. The van der Waals surface area contributed by atoms with Gasteiger partial charge in [-0.05, 0) is 0 Å². The molecule has 0 rings (SSSR count). The van der Waals surface area contributed by atoms with Crippen LogP contribution in [0.2, 0.25) is 0 Å². The molecule has 0 amide bonds. The third-order valence-electron chi connectivity index (χ3n) is 0. The van der Waals surface area contributed by atoms with Crippen molar-refractivity contribution in [3.8, 4) is 0 Å². The topological polar surface area (TPSA) is 79.8 Å². The number of hydrogen-bond donors (Lipinski definition) is 2. The maximum Gasteiger partial charge on any atom is 1.00 e. The smallest absolute Gasteiger partial charge is 0.819 e. The van der Waals surface area contributed by atoms with Crippen LogP contribution in [-0.4, -0.2) is 4.89 Å². The van der Waals surface area contributed by atoms with Crippen LogP contribution < -0.4 is 62.4 Å². The minimum Gasteiger partial charge on any atom is -0.819 e. The Morgan fingerprint density at radius 3 is 1.71 bits per heavy atom. The summed E-state index contributed by atoms with van der Waals surface area (Å²) >= 11 is 7.50. The molecule has 0 aromatic rings. The van der Waals surface area contributed by atoms with Crippen molar-refractivity contribution >= 4 is 29.7 Å². The molecule has 0 saturated carbocycles. The van der Waals surface area contributed by atoms with E-state index < -0.39 is 5.69 Å². The number of quaternary nitrogens is 1. The number of hydrogen-bond acceptors (Lipinski definition) is 3. The van der Waals surface area contributed by atoms with E-state index in [1.54, 1.807) is 0 Å². The fraction of sp³-hybridized carbons (Fsp3) is 0. The quantitative estimate of drug-likeness (QED) is 0.233. The van der Waals surface area contributed by atoms with E-state index in [1.807, 2.05) is 0 Å². The van der Waals surface area contributed by atoms with Gasteiger partial charge >= 0.3 is 51.4 Å². The van der Waals surface area contributed by atoms with Gasteiger partial charge in [-0.25, -0.2) is 0 Å². The average Bonchev–Trinajstić information content (AvgIpc) is 0.722. The summed E-state index contributed by atoms with van der Waals surface area (Å²) in [7, 11) is 0. The van der Waals surface area contributed by atoms with Crippen molar-refractivity contribution < 1.29 is 61.2 Å². The van der Waals surface area contributed by atoms with E-state index >= 15 is 0 Å². The summed E-state index contributed by atoms with van der Waals surface area (Å²) in [6.07, 6.45) is 0. The minimum absolute atomic E-state index is 0. The van der Waals surface area contributed by atoms with Crippen molar-refractivity contribution in [2.45, 2.75) is 0 Å². The van der Waals surface area contributed by atoms with E-state index in [9.17, 15) is 4.89 Å². The van der Waals surface area contributed by atoms with Gasteiger partial charge in [-0.3, -0.25) is 0 Å². The summed E-state index contributed by atoms with van der Waals surface area (Å²) in [4.78, 5) is 17.1. The molecule has 0 aromatic carbocycles. The van der Waals surface area contributed by atoms with E-state index in [0.29, 0.717) is 0 Å². The van der Waals surface area contributed by atoms with E-state index in [0.717, 1.165) is 0 Å². The van der Waals surface area contributed by atoms with Gasteiger partial charge in [0.25, 0.3) is 0 Å². The van der Waals surface area contributed by atoms with Gasteiger partial charge in [-0.2, -0.15) is 0 Å². The molecule has 0 aliphatic rings. The Morgan fingerprint density at radius 1 is 1.71 bits per heavy atom. The Hall–Kier alpha value is 2.52. The van der Waals surface area contributed by atoms with E-state index in [-0.39, 0.29) is 57.5 Å². The van der Waals surface area contributed by atoms with Gasteiger partial charge in [-0.1, -0.05) is 0 Å². The van der Waals surface area contributed by atoms with Crippen LogP contribution in [0.15, 0.2) is 0 Å². The molecule has 0 saturated heterocycles. The monoisotopic (exact) mass is 185 g/mol. The Morgan fingerprint density at radius 2 is 1.71 bits per heavy atom. The first-order valence-corrected chi connectivity index (χ1v) is 4.43. The summed E-state index contributed by atoms with van der Waals surface area (Å²) < 4.78 is 0. The van der Waals surface area contributed by atoms with Crippen molar-refractivity contribution in [2.24, 2.45) is 0 Å². The molecule has 0 bridgehead atoms. The van der Waals surface area contributed by atoms with Gasteiger partial charge < -0.3 is 28.2 Å². The van der Waals surface area contributed by atoms with E-state index in [4.69, 9.17) is 4.89 Å². The predicted molar refractivity (Wildman–Crippen MR) is 29.9 cm³/mol. The van der Waals surface area contributed by atoms with Crippen LogP contribution in [0.5, 0.6) is 0 Å². The molecular weight excluding hydrogens is 180 g/mol. The second kappa shape index (κ2) is 6.63. The van der Waals surface area contributed by atoms with Gasteiger partial charge in [0.05, 0.1) is 0 Å². The first-order valence-electron chi connectivity index (χ1n) is 0.748. The fourth-order valence-electron chi connectivity index (χ4n) is 0. The fourth-order valence-corrected chi connectivity index (χ4v) is 0. The zero-order chi connectivity index (χ0) is 4.50. The zero-order valence-corrected chi connectivity index (χ0v) is 9.77. The molecule has 0 aliphatic carbocycles. The molecule has 0 aliphatic heterocycles. The first-order chi connectivity index (χ1) is 2.00. The van der Waals surface area contributed by atoms with Crippen LogP contribution in [-0.2, 0) is 24.1 Å². The van der Waals surface area contributed by atoms with Crippen LogP contribution >= 0.6 is 5.69 Å². The molecule has 1 unspecified atom stereocenters. The van der Waals surface area contributed by atoms with Crippen molar-refractivity contribution in [1.29, 1.82) is 0 Å². The third kappa shape index (κ3) is 57.1. The summed E-state index contributed by atoms with van der Waals surface area (Å²) in [5, 5.41) is 0. The molecular formula is H5KNO2PS2. The molecule has 0 spiro atoms. The SMILES string of the molecule is [K+].[NH4+].[O-]P(O)(=S)[S-]. The molecule has 5 N–H and O–H groups in total. The van der Waals surface area contributed by atoms with Crippen LogP contribution in [0.3, 0.4) is 0 Å². The predicted octanol–water partition coefficient (Wildman–Crippen LogP) is -3.51. The molecule has 0 heterocycles. The average molecular weight is 185 g/mol. The summed E-state index contributed by atoms with van der Waals surface area (Å²) in [5.74, 6) is 0. The standard InChI is InChI=1S/K.H3N.H3O2PS2/c;;1-3(2,4)5/h;1H3;(H3,1,2,4,5)/q+1;;/p-1. The number of rotatable bonds is 0. The van der Waals surface area contributed by atoms with Crippen LogP contribution in [0.4, 0.5) is 0 Å². The Bertz CT molecular complexity index is 61.8. The van der Waals surface area contributed by atoms with Crippen LogP contribution in [0.1, 0.15) is 0 Å². The van der Waals surface area contributed by atoms with E-state index in [2.05, 4.69) is 24.1 Å². The Labute approximate surface area is 95.2 Å². The zero-order valence-electron chi connectivity index (χ0n) is 4.12. The van der Waals surface area contributed by atoms with Crippen molar-refractivity contribution in [1.82, 2.24) is 6.15 Å². The largest absolute Gasteiger partial charge is 1.00 e. The van der Waals surface area contributed by atoms with Gasteiger partial charge in [0.15, 0.2) is 0 Å². The molecule has 7 heteroatoms. The maximum absolute atomic E-state index is 9.40. The molecule has 3 nitrogen and oxygen atoms in total. The van der Waals surface area contributed by atoms with E-state index in [1.165, 1.54) is 0 Å². The molecule has 0 aromatic heterocycles. The minimum atomic E-state index is -3.47. The molecule has 1 atom stereocenters. The van der Waals surface area contributed by atoms with Crippen molar-refractivity contribution in [3.05, 3.63) is 0 Å². The van der Waals surface area contributed by atoms with Gasteiger partial charge in [-0.15, -0.1) is 17.5 Å². The third-order valence-corrected chi connectivity index (χ3v) is 0. The van der Waals surface area contributed by atoms with Crippen LogP contribution in [0, 0.1) is 0 Å². The van der Waals surface area contributed by atoms with Crippen molar-refractivity contribution in [3.63, 3.8) is 0 Å². The molecule has 7 heavy (non-hydrogen) atoms. The molecule has 0 radical (unpaired) electrons. The first kappa shape index (κ1) is 16.3. The summed E-state index contributed by atoms with van der Waals surface area (Å²) in [6, 6.07) is 0.